The lowest BCUT2D eigenvalue weighted by molar-refractivity contribution is -0.118. The second kappa shape index (κ2) is 6.25. The third-order valence-corrected chi connectivity index (χ3v) is 5.88. The lowest BCUT2D eigenvalue weighted by Crippen LogP contribution is -2.27. The van der Waals surface area contributed by atoms with Crippen LogP contribution >= 0.6 is 0 Å². The summed E-state index contributed by atoms with van der Waals surface area (Å²) in [6, 6.07) is 4.85. The van der Waals surface area contributed by atoms with Gasteiger partial charge in [-0.1, -0.05) is 5.21 Å². The number of rotatable bonds is 6. The monoisotopic (exact) mass is 337 g/mol. The zero-order chi connectivity index (χ0) is 16.4. The van der Waals surface area contributed by atoms with E-state index in [1.165, 1.54) is 4.31 Å². The first-order valence-electron chi connectivity index (χ1n) is 7.60. The Balaban J connectivity index is 1.84. The quantitative estimate of drug-likeness (QED) is 0.824. The molecule has 0 aliphatic carbocycles. The van der Waals surface area contributed by atoms with Crippen LogP contribution in [0.2, 0.25) is 0 Å². The third-order valence-electron chi connectivity index (χ3n) is 3.98. The highest BCUT2D eigenvalue weighted by atomic mass is 32.2. The zero-order valence-corrected chi connectivity index (χ0v) is 13.5. The molecule has 2 aromatic rings. The van der Waals surface area contributed by atoms with Crippen LogP contribution in [-0.4, -0.2) is 46.7 Å². The number of aryl methyl sites for hydroxylation is 1. The Hall–Kier alpha value is -2.00. The molecule has 23 heavy (non-hydrogen) atoms. The van der Waals surface area contributed by atoms with Crippen molar-refractivity contribution < 1.29 is 13.2 Å². The molecule has 1 fully saturated rings. The highest BCUT2D eigenvalue weighted by molar-refractivity contribution is 7.89. The Morgan fingerprint density at radius 3 is 2.70 bits per heavy atom. The second-order valence-electron chi connectivity index (χ2n) is 5.64. The summed E-state index contributed by atoms with van der Waals surface area (Å²) in [7, 11) is -3.45. The molecule has 124 valence electrons. The molecule has 1 amide bonds. The number of hydrogen-bond donors (Lipinski definition) is 1. The number of sulfonamides is 1. The Morgan fingerprint density at radius 1 is 1.26 bits per heavy atom. The van der Waals surface area contributed by atoms with Crippen molar-refractivity contribution in [2.75, 3.05) is 13.1 Å². The maximum absolute atomic E-state index is 12.6. The minimum atomic E-state index is -3.45. The molecule has 3 rings (SSSR count). The first-order valence-corrected chi connectivity index (χ1v) is 9.04. The number of aromatic nitrogens is 3. The van der Waals surface area contributed by atoms with E-state index in [2.05, 4.69) is 10.3 Å². The summed E-state index contributed by atoms with van der Waals surface area (Å²) in [4.78, 5) is 11.0. The Morgan fingerprint density at radius 2 is 2.00 bits per heavy atom. The Kier molecular flexibility index (Phi) is 4.31. The highest BCUT2D eigenvalue weighted by Crippen LogP contribution is 2.23. The number of benzene rings is 1. The topological polar surface area (TPSA) is 111 Å². The first-order chi connectivity index (χ1) is 11.0. The van der Waals surface area contributed by atoms with Crippen molar-refractivity contribution in [3.05, 3.63) is 18.2 Å². The third kappa shape index (κ3) is 3.20. The van der Waals surface area contributed by atoms with Crippen molar-refractivity contribution in [1.29, 1.82) is 0 Å². The fourth-order valence-electron chi connectivity index (χ4n) is 2.76. The van der Waals surface area contributed by atoms with Crippen LogP contribution in [-0.2, 0) is 21.4 Å². The molecular formula is C14H19N5O3S. The molecule has 2 heterocycles. The zero-order valence-electron chi connectivity index (χ0n) is 12.7. The summed E-state index contributed by atoms with van der Waals surface area (Å²) in [6.07, 6.45) is 2.65. The van der Waals surface area contributed by atoms with Crippen molar-refractivity contribution in [1.82, 2.24) is 19.3 Å². The SMILES string of the molecule is NC(=O)CCCn1nnc2cc(S(=O)(=O)N3CCCC3)ccc21. The van der Waals surface area contributed by atoms with Crippen molar-refractivity contribution in [3.63, 3.8) is 0 Å². The van der Waals surface area contributed by atoms with E-state index in [9.17, 15) is 13.2 Å². The average molecular weight is 337 g/mol. The van der Waals surface area contributed by atoms with Gasteiger partial charge in [0.25, 0.3) is 0 Å². The largest absolute Gasteiger partial charge is 0.370 e. The van der Waals surface area contributed by atoms with Gasteiger partial charge in [-0.05, 0) is 37.5 Å². The van der Waals surface area contributed by atoms with Gasteiger partial charge in [0.05, 0.1) is 10.4 Å². The maximum atomic E-state index is 12.6. The van der Waals surface area contributed by atoms with E-state index in [1.807, 2.05) is 0 Å². The summed E-state index contributed by atoms with van der Waals surface area (Å²) in [5.74, 6) is -0.353. The average Bonchev–Trinajstić information content (AvgIpc) is 3.16. The van der Waals surface area contributed by atoms with Gasteiger partial charge in [-0.3, -0.25) is 4.79 Å². The van der Waals surface area contributed by atoms with E-state index in [0.29, 0.717) is 31.6 Å². The van der Waals surface area contributed by atoms with E-state index < -0.39 is 10.0 Å². The van der Waals surface area contributed by atoms with Crippen LogP contribution in [0.5, 0.6) is 0 Å². The molecule has 1 aromatic heterocycles. The van der Waals surface area contributed by atoms with E-state index in [1.54, 1.807) is 22.9 Å². The van der Waals surface area contributed by atoms with Gasteiger partial charge in [-0.2, -0.15) is 4.31 Å². The molecule has 9 heteroatoms. The minimum absolute atomic E-state index is 0.246. The first kappa shape index (κ1) is 15.9. The van der Waals surface area contributed by atoms with Crippen molar-refractivity contribution >= 4 is 27.0 Å². The van der Waals surface area contributed by atoms with Crippen LogP contribution in [0.25, 0.3) is 11.0 Å². The van der Waals surface area contributed by atoms with Crippen LogP contribution in [0.3, 0.4) is 0 Å². The number of carbonyl (C=O) groups is 1. The number of fused-ring (bicyclic) bond motifs is 1. The molecule has 8 nitrogen and oxygen atoms in total. The fraction of sp³-hybridized carbons (Fsp3) is 0.500. The second-order valence-corrected chi connectivity index (χ2v) is 7.58. The molecule has 0 radical (unpaired) electrons. The molecule has 2 N–H and O–H groups in total. The predicted molar refractivity (Wildman–Crippen MR) is 83.9 cm³/mol. The summed E-state index contributed by atoms with van der Waals surface area (Å²) < 4.78 is 28.3. The van der Waals surface area contributed by atoms with E-state index in [4.69, 9.17) is 5.73 Å². The van der Waals surface area contributed by atoms with Gasteiger partial charge in [-0.25, -0.2) is 13.1 Å². The molecule has 1 aliphatic rings. The van der Waals surface area contributed by atoms with Crippen LogP contribution in [0.4, 0.5) is 0 Å². The number of primary amides is 1. The summed E-state index contributed by atoms with van der Waals surface area (Å²) in [5.41, 5.74) is 6.39. The van der Waals surface area contributed by atoms with Gasteiger partial charge in [0.1, 0.15) is 5.52 Å². The Labute approximate surface area is 134 Å². The molecule has 0 saturated carbocycles. The molecule has 0 unspecified atom stereocenters. The van der Waals surface area contributed by atoms with Crippen molar-refractivity contribution in [3.8, 4) is 0 Å². The summed E-state index contributed by atoms with van der Waals surface area (Å²) in [6.45, 7) is 1.65. The van der Waals surface area contributed by atoms with Crippen LogP contribution in [0.15, 0.2) is 23.1 Å². The van der Waals surface area contributed by atoms with Crippen LogP contribution in [0.1, 0.15) is 25.7 Å². The van der Waals surface area contributed by atoms with Crippen molar-refractivity contribution in [2.45, 2.75) is 37.1 Å². The van der Waals surface area contributed by atoms with Gasteiger partial charge in [0.2, 0.25) is 15.9 Å². The van der Waals surface area contributed by atoms with Gasteiger partial charge >= 0.3 is 0 Å². The van der Waals surface area contributed by atoms with E-state index in [-0.39, 0.29) is 17.2 Å². The summed E-state index contributed by atoms with van der Waals surface area (Å²) >= 11 is 0. The van der Waals surface area contributed by atoms with Gasteiger partial charge in [-0.15, -0.1) is 5.10 Å². The molecule has 0 atom stereocenters. The van der Waals surface area contributed by atoms with Crippen molar-refractivity contribution in [2.24, 2.45) is 5.73 Å². The molecule has 0 bridgehead atoms. The molecule has 1 saturated heterocycles. The van der Waals surface area contributed by atoms with Gasteiger partial charge < -0.3 is 5.73 Å². The number of carbonyl (C=O) groups excluding carboxylic acids is 1. The number of nitrogens with two attached hydrogens (primary N) is 1. The van der Waals surface area contributed by atoms with Gasteiger partial charge in [0, 0.05) is 26.1 Å². The molecule has 1 aliphatic heterocycles. The van der Waals surface area contributed by atoms with E-state index >= 15 is 0 Å². The lowest BCUT2D eigenvalue weighted by Gasteiger charge is -2.15. The summed E-state index contributed by atoms with van der Waals surface area (Å²) in [5, 5.41) is 8.05. The maximum Gasteiger partial charge on any atom is 0.243 e. The fourth-order valence-corrected chi connectivity index (χ4v) is 4.30. The normalized spacial score (nSPS) is 16.2. The molecule has 0 spiro atoms. The standard InChI is InChI=1S/C14H19N5O3S/c15-14(20)4-3-9-19-13-6-5-11(10-12(13)16-17-19)23(21,22)18-7-1-2-8-18/h5-6,10H,1-4,7-9H2,(H2,15,20). The van der Waals surface area contributed by atoms with Crippen LogP contribution < -0.4 is 5.73 Å². The lowest BCUT2D eigenvalue weighted by atomic mass is 10.3. The number of amides is 1. The molecular weight excluding hydrogens is 318 g/mol. The minimum Gasteiger partial charge on any atom is -0.370 e. The number of nitrogens with zero attached hydrogens (tertiary/aromatic N) is 4. The molecule has 1 aromatic carbocycles. The van der Waals surface area contributed by atoms with Gasteiger partial charge in [0.15, 0.2) is 0 Å². The Bertz CT molecular complexity index is 824. The predicted octanol–water partition coefficient (Wildman–Crippen LogP) is 0.481. The smallest absolute Gasteiger partial charge is 0.243 e. The number of hydrogen-bond acceptors (Lipinski definition) is 5. The van der Waals surface area contributed by atoms with Crippen LogP contribution in [0, 0.1) is 0 Å². The highest BCUT2D eigenvalue weighted by Gasteiger charge is 2.27. The van der Waals surface area contributed by atoms with E-state index in [0.717, 1.165) is 18.4 Å².